The van der Waals surface area contributed by atoms with Gasteiger partial charge in [-0.1, -0.05) is 18.2 Å². The molecule has 1 aromatic heterocycles. The number of aromatic nitrogens is 1. The highest BCUT2D eigenvalue weighted by Crippen LogP contribution is 2.18. The summed E-state index contributed by atoms with van der Waals surface area (Å²) in [7, 11) is 0. The summed E-state index contributed by atoms with van der Waals surface area (Å²) in [5, 5.41) is 2.96. The van der Waals surface area contributed by atoms with Gasteiger partial charge in [0.1, 0.15) is 11.6 Å². The summed E-state index contributed by atoms with van der Waals surface area (Å²) in [6.07, 6.45) is 1.76. The van der Waals surface area contributed by atoms with Crippen molar-refractivity contribution in [3.63, 3.8) is 0 Å². The third-order valence-corrected chi connectivity index (χ3v) is 4.54. The molecule has 0 bridgehead atoms. The van der Waals surface area contributed by atoms with Gasteiger partial charge in [-0.2, -0.15) is 0 Å². The lowest BCUT2D eigenvalue weighted by atomic mass is 10.2. The minimum Gasteiger partial charge on any atom is -0.378 e. The molecule has 1 aromatic carbocycles. The number of carbonyl (C=O) groups is 1. The monoisotopic (exact) mass is 372 g/mol. The number of halogens is 1. The predicted octanol–water partition coefficient (Wildman–Crippen LogP) is 2.79. The highest BCUT2D eigenvalue weighted by Gasteiger charge is 2.17. The van der Waals surface area contributed by atoms with Crippen LogP contribution in [0.1, 0.15) is 18.1 Å². The van der Waals surface area contributed by atoms with Gasteiger partial charge in [-0.15, -0.1) is 0 Å². The SMILES string of the molecule is CCN(Cc1cccc(F)c1)C(=O)NCc1cccnc1N1CCOCC1. The second-order valence-electron chi connectivity index (χ2n) is 6.39. The second-order valence-corrected chi connectivity index (χ2v) is 6.39. The number of nitrogens with zero attached hydrogens (tertiary/aromatic N) is 3. The molecule has 27 heavy (non-hydrogen) atoms. The fourth-order valence-electron chi connectivity index (χ4n) is 3.09. The van der Waals surface area contributed by atoms with Crippen molar-refractivity contribution >= 4 is 11.8 Å². The second kappa shape index (κ2) is 9.32. The van der Waals surface area contributed by atoms with Crippen molar-refractivity contribution in [2.75, 3.05) is 37.7 Å². The number of benzene rings is 1. The van der Waals surface area contributed by atoms with E-state index in [0.717, 1.165) is 30.0 Å². The Kier molecular flexibility index (Phi) is 6.59. The molecule has 0 radical (unpaired) electrons. The van der Waals surface area contributed by atoms with Crippen LogP contribution in [-0.2, 0) is 17.8 Å². The van der Waals surface area contributed by atoms with Crippen LogP contribution in [-0.4, -0.2) is 48.8 Å². The maximum Gasteiger partial charge on any atom is 0.317 e. The minimum absolute atomic E-state index is 0.182. The highest BCUT2D eigenvalue weighted by molar-refractivity contribution is 5.74. The number of ether oxygens (including phenoxy) is 1. The quantitative estimate of drug-likeness (QED) is 0.847. The van der Waals surface area contributed by atoms with Crippen molar-refractivity contribution < 1.29 is 13.9 Å². The van der Waals surface area contributed by atoms with Crippen molar-refractivity contribution in [1.29, 1.82) is 0 Å². The van der Waals surface area contributed by atoms with Crippen LogP contribution in [0.3, 0.4) is 0 Å². The van der Waals surface area contributed by atoms with Gasteiger partial charge in [0.2, 0.25) is 0 Å². The molecule has 3 rings (SSSR count). The van der Waals surface area contributed by atoms with E-state index in [9.17, 15) is 9.18 Å². The topological polar surface area (TPSA) is 57.7 Å². The summed E-state index contributed by atoms with van der Waals surface area (Å²) in [5.74, 6) is 0.587. The molecule has 0 aliphatic carbocycles. The van der Waals surface area contributed by atoms with Gasteiger partial charge < -0.3 is 19.9 Å². The first-order valence-corrected chi connectivity index (χ1v) is 9.21. The maximum atomic E-state index is 13.4. The molecule has 1 aliphatic rings. The van der Waals surface area contributed by atoms with Crippen LogP contribution in [0.4, 0.5) is 15.0 Å². The molecule has 6 nitrogen and oxygen atoms in total. The number of carbonyl (C=O) groups excluding carboxylic acids is 1. The molecule has 0 spiro atoms. The summed E-state index contributed by atoms with van der Waals surface area (Å²) in [6, 6.07) is 9.98. The van der Waals surface area contributed by atoms with Crippen LogP contribution in [0.25, 0.3) is 0 Å². The van der Waals surface area contributed by atoms with Crippen LogP contribution >= 0.6 is 0 Å². The number of urea groups is 1. The van der Waals surface area contributed by atoms with E-state index in [1.807, 2.05) is 25.1 Å². The first kappa shape index (κ1) is 19.1. The summed E-state index contributed by atoms with van der Waals surface area (Å²) < 4.78 is 18.8. The van der Waals surface area contributed by atoms with E-state index in [1.54, 1.807) is 17.2 Å². The van der Waals surface area contributed by atoms with E-state index in [-0.39, 0.29) is 11.8 Å². The van der Waals surface area contributed by atoms with Gasteiger partial charge in [0.05, 0.1) is 13.2 Å². The van der Waals surface area contributed by atoms with Crippen LogP contribution in [0, 0.1) is 5.82 Å². The summed E-state index contributed by atoms with van der Waals surface area (Å²) >= 11 is 0. The van der Waals surface area contributed by atoms with E-state index >= 15 is 0 Å². The first-order valence-electron chi connectivity index (χ1n) is 9.21. The van der Waals surface area contributed by atoms with Gasteiger partial charge in [-0.3, -0.25) is 0 Å². The molecule has 144 valence electrons. The number of morpholine rings is 1. The third kappa shape index (κ3) is 5.17. The highest BCUT2D eigenvalue weighted by atomic mass is 19.1. The molecule has 1 aliphatic heterocycles. The summed E-state index contributed by atoms with van der Waals surface area (Å²) in [4.78, 5) is 20.9. The number of pyridine rings is 1. The Morgan fingerprint density at radius 1 is 1.30 bits per heavy atom. The Morgan fingerprint density at radius 2 is 2.11 bits per heavy atom. The van der Waals surface area contributed by atoms with Gasteiger partial charge >= 0.3 is 6.03 Å². The smallest absolute Gasteiger partial charge is 0.317 e. The van der Waals surface area contributed by atoms with Gasteiger partial charge in [0.15, 0.2) is 0 Å². The molecule has 0 saturated carbocycles. The number of hydrogen-bond acceptors (Lipinski definition) is 4. The number of anilines is 1. The average molecular weight is 372 g/mol. The maximum absolute atomic E-state index is 13.4. The number of nitrogens with one attached hydrogen (secondary N) is 1. The molecular weight excluding hydrogens is 347 g/mol. The van der Waals surface area contributed by atoms with E-state index in [2.05, 4.69) is 15.2 Å². The Labute approximate surface area is 158 Å². The Hall–Kier alpha value is -2.67. The number of amides is 2. The molecular formula is C20H25FN4O2. The van der Waals surface area contributed by atoms with Crippen LogP contribution in [0.5, 0.6) is 0 Å². The van der Waals surface area contributed by atoms with Crippen LogP contribution < -0.4 is 10.2 Å². The van der Waals surface area contributed by atoms with E-state index in [4.69, 9.17) is 4.74 Å². The number of hydrogen-bond donors (Lipinski definition) is 1. The van der Waals surface area contributed by atoms with E-state index < -0.39 is 0 Å². The minimum atomic E-state index is -0.297. The average Bonchev–Trinajstić information content (AvgIpc) is 2.71. The lowest BCUT2D eigenvalue weighted by molar-refractivity contribution is 0.122. The Morgan fingerprint density at radius 3 is 2.85 bits per heavy atom. The first-order chi connectivity index (χ1) is 13.2. The molecule has 0 unspecified atom stereocenters. The third-order valence-electron chi connectivity index (χ3n) is 4.54. The fourth-order valence-corrected chi connectivity index (χ4v) is 3.09. The predicted molar refractivity (Wildman–Crippen MR) is 102 cm³/mol. The molecule has 7 heteroatoms. The summed E-state index contributed by atoms with van der Waals surface area (Å²) in [6.45, 7) is 6.13. The van der Waals surface area contributed by atoms with E-state index in [1.165, 1.54) is 12.1 Å². The molecule has 2 amide bonds. The lowest BCUT2D eigenvalue weighted by Gasteiger charge is -2.29. The molecule has 1 saturated heterocycles. The zero-order valence-corrected chi connectivity index (χ0v) is 15.5. The standard InChI is InChI=1S/C20H25FN4O2/c1-2-24(15-16-5-3-7-18(21)13-16)20(26)23-14-17-6-4-8-22-19(17)25-9-11-27-12-10-25/h3-8,13H,2,9-12,14-15H2,1H3,(H,23,26). The largest absolute Gasteiger partial charge is 0.378 e. The molecule has 2 heterocycles. The van der Waals surface area contributed by atoms with Crippen molar-refractivity contribution in [2.24, 2.45) is 0 Å². The van der Waals surface area contributed by atoms with Gasteiger partial charge in [0, 0.05) is 44.5 Å². The zero-order chi connectivity index (χ0) is 19.1. The van der Waals surface area contributed by atoms with E-state index in [0.29, 0.717) is 32.8 Å². The van der Waals surface area contributed by atoms with Gasteiger partial charge in [-0.25, -0.2) is 14.2 Å². The molecule has 1 N–H and O–H groups in total. The molecule has 2 aromatic rings. The number of rotatable bonds is 6. The van der Waals surface area contributed by atoms with Gasteiger partial charge in [-0.05, 0) is 30.7 Å². The Balaban J connectivity index is 1.62. The normalized spacial score (nSPS) is 14.1. The van der Waals surface area contributed by atoms with Crippen LogP contribution in [0.15, 0.2) is 42.6 Å². The van der Waals surface area contributed by atoms with Crippen molar-refractivity contribution in [2.45, 2.75) is 20.0 Å². The Bertz CT molecular complexity index is 765. The van der Waals surface area contributed by atoms with Crippen molar-refractivity contribution in [3.05, 3.63) is 59.5 Å². The molecule has 0 atom stereocenters. The van der Waals surface area contributed by atoms with Crippen molar-refractivity contribution in [3.8, 4) is 0 Å². The lowest BCUT2D eigenvalue weighted by Crippen LogP contribution is -2.40. The fraction of sp³-hybridized carbons (Fsp3) is 0.400. The zero-order valence-electron chi connectivity index (χ0n) is 15.5. The van der Waals surface area contributed by atoms with Gasteiger partial charge in [0.25, 0.3) is 0 Å². The molecule has 1 fully saturated rings. The van der Waals surface area contributed by atoms with Crippen LogP contribution in [0.2, 0.25) is 0 Å². The van der Waals surface area contributed by atoms with Crippen molar-refractivity contribution in [1.82, 2.24) is 15.2 Å². The summed E-state index contributed by atoms with van der Waals surface area (Å²) in [5.41, 5.74) is 1.73.